The Bertz CT molecular complexity index is 792. The third-order valence-electron chi connectivity index (χ3n) is 3.85. The van der Waals surface area contributed by atoms with Crippen molar-refractivity contribution in [2.24, 2.45) is 4.99 Å². The molecule has 1 aliphatic heterocycles. The highest BCUT2D eigenvalue weighted by Crippen LogP contribution is 2.33. The van der Waals surface area contributed by atoms with Gasteiger partial charge in [0.2, 0.25) is 6.79 Å². The molecule has 7 nitrogen and oxygen atoms in total. The molecule has 0 fully saturated rings. The minimum absolute atomic E-state index is 0.269. The van der Waals surface area contributed by atoms with Crippen molar-refractivity contribution in [1.82, 2.24) is 5.32 Å². The summed E-state index contributed by atoms with van der Waals surface area (Å²) in [6, 6.07) is 11.5. The van der Waals surface area contributed by atoms with Gasteiger partial charge in [-0.05, 0) is 36.8 Å². The average molecular weight is 357 g/mol. The number of aliphatic imine (C=N–C) groups is 1. The molecule has 26 heavy (non-hydrogen) atoms. The van der Waals surface area contributed by atoms with Gasteiger partial charge < -0.3 is 29.6 Å². The number of methoxy groups -OCH3 is 2. The second-order valence-corrected chi connectivity index (χ2v) is 5.58. The molecule has 138 valence electrons. The lowest BCUT2D eigenvalue weighted by atomic mass is 10.2. The molecule has 0 saturated heterocycles. The molecule has 0 radical (unpaired) electrons. The van der Waals surface area contributed by atoms with E-state index in [4.69, 9.17) is 18.9 Å². The van der Waals surface area contributed by atoms with Crippen LogP contribution in [0, 0.1) is 0 Å². The van der Waals surface area contributed by atoms with E-state index in [1.54, 1.807) is 14.2 Å². The van der Waals surface area contributed by atoms with E-state index in [0.29, 0.717) is 24.0 Å². The number of nitrogens with one attached hydrogen (secondary N) is 2. The summed E-state index contributed by atoms with van der Waals surface area (Å²) in [6.07, 6.45) is 0. The van der Waals surface area contributed by atoms with Crippen LogP contribution in [0.2, 0.25) is 0 Å². The van der Waals surface area contributed by atoms with Gasteiger partial charge in [-0.3, -0.25) is 0 Å². The fraction of sp³-hybridized carbons (Fsp3) is 0.316. The summed E-state index contributed by atoms with van der Waals surface area (Å²) >= 11 is 0. The van der Waals surface area contributed by atoms with Crippen LogP contribution in [0.4, 0.5) is 5.69 Å². The van der Waals surface area contributed by atoms with Gasteiger partial charge in [0.05, 0.1) is 20.8 Å². The maximum absolute atomic E-state index is 5.41. The molecule has 0 spiro atoms. The molecule has 0 aliphatic carbocycles. The zero-order valence-corrected chi connectivity index (χ0v) is 15.2. The maximum Gasteiger partial charge on any atom is 0.231 e. The summed E-state index contributed by atoms with van der Waals surface area (Å²) in [6.45, 7) is 3.55. The van der Waals surface area contributed by atoms with Crippen molar-refractivity contribution in [3.05, 3.63) is 42.0 Å². The van der Waals surface area contributed by atoms with Crippen LogP contribution in [0.3, 0.4) is 0 Å². The van der Waals surface area contributed by atoms with Gasteiger partial charge in [-0.2, -0.15) is 0 Å². The van der Waals surface area contributed by atoms with Crippen molar-refractivity contribution in [1.29, 1.82) is 0 Å². The average Bonchev–Trinajstić information content (AvgIpc) is 3.14. The van der Waals surface area contributed by atoms with E-state index in [1.165, 1.54) is 0 Å². The van der Waals surface area contributed by atoms with Crippen LogP contribution in [0.1, 0.15) is 12.5 Å². The van der Waals surface area contributed by atoms with E-state index in [-0.39, 0.29) is 6.79 Å². The fourth-order valence-electron chi connectivity index (χ4n) is 2.57. The first-order chi connectivity index (χ1) is 12.7. The van der Waals surface area contributed by atoms with Gasteiger partial charge in [0, 0.05) is 18.3 Å². The Hall–Kier alpha value is -3.09. The van der Waals surface area contributed by atoms with E-state index in [1.807, 2.05) is 43.3 Å². The standard InChI is InChI=1S/C19H23N3O4/c1-4-20-19(22-14-6-8-15(23-2)17(10-14)24-3)21-11-13-5-7-16-18(9-13)26-12-25-16/h5-10H,4,11-12H2,1-3H3,(H2,20,21,22). The third-order valence-corrected chi connectivity index (χ3v) is 3.85. The molecule has 2 aromatic carbocycles. The monoisotopic (exact) mass is 357 g/mol. The Kier molecular flexibility index (Phi) is 5.68. The van der Waals surface area contributed by atoms with E-state index >= 15 is 0 Å². The number of anilines is 1. The van der Waals surface area contributed by atoms with Crippen molar-refractivity contribution in [3.8, 4) is 23.0 Å². The zero-order valence-electron chi connectivity index (χ0n) is 15.2. The lowest BCUT2D eigenvalue weighted by molar-refractivity contribution is 0.174. The van der Waals surface area contributed by atoms with Gasteiger partial charge >= 0.3 is 0 Å². The lowest BCUT2D eigenvalue weighted by Gasteiger charge is -2.14. The quantitative estimate of drug-likeness (QED) is 0.612. The second kappa shape index (κ2) is 8.33. The molecule has 1 aliphatic rings. The minimum atomic E-state index is 0.269. The Balaban J connectivity index is 1.73. The predicted molar refractivity (Wildman–Crippen MR) is 101 cm³/mol. The van der Waals surface area contributed by atoms with Gasteiger partial charge in [-0.15, -0.1) is 0 Å². The summed E-state index contributed by atoms with van der Waals surface area (Å²) in [4.78, 5) is 4.63. The van der Waals surface area contributed by atoms with Crippen LogP contribution in [0.15, 0.2) is 41.4 Å². The Morgan fingerprint density at radius 3 is 2.62 bits per heavy atom. The van der Waals surface area contributed by atoms with Gasteiger partial charge in [0.1, 0.15) is 0 Å². The summed E-state index contributed by atoms with van der Waals surface area (Å²) in [5.74, 6) is 3.55. The first kappa shape index (κ1) is 17.7. The number of fused-ring (bicyclic) bond motifs is 1. The SMILES string of the molecule is CCNC(=NCc1ccc2c(c1)OCO2)Nc1ccc(OC)c(OC)c1. The Morgan fingerprint density at radius 2 is 1.85 bits per heavy atom. The number of hydrogen-bond acceptors (Lipinski definition) is 5. The van der Waals surface area contributed by atoms with Gasteiger partial charge in [0.15, 0.2) is 29.0 Å². The molecule has 2 N–H and O–H groups in total. The first-order valence-corrected chi connectivity index (χ1v) is 8.39. The first-order valence-electron chi connectivity index (χ1n) is 8.39. The maximum atomic E-state index is 5.41. The van der Waals surface area contributed by atoms with E-state index in [0.717, 1.165) is 29.3 Å². The molecule has 0 atom stereocenters. The molecule has 0 unspecified atom stereocenters. The van der Waals surface area contributed by atoms with E-state index in [9.17, 15) is 0 Å². The highest BCUT2D eigenvalue weighted by Gasteiger charge is 2.13. The molecule has 3 rings (SSSR count). The van der Waals surface area contributed by atoms with E-state index in [2.05, 4.69) is 15.6 Å². The van der Waals surface area contributed by atoms with Crippen molar-refractivity contribution < 1.29 is 18.9 Å². The summed E-state index contributed by atoms with van der Waals surface area (Å²) in [7, 11) is 3.22. The van der Waals surface area contributed by atoms with Gasteiger partial charge in [-0.25, -0.2) is 4.99 Å². The molecule has 1 heterocycles. The fourth-order valence-corrected chi connectivity index (χ4v) is 2.57. The third kappa shape index (κ3) is 4.11. The van der Waals surface area contributed by atoms with Crippen LogP contribution >= 0.6 is 0 Å². The predicted octanol–water partition coefficient (Wildman–Crippen LogP) is 3.01. The van der Waals surface area contributed by atoms with Gasteiger partial charge in [-0.1, -0.05) is 6.07 Å². The van der Waals surface area contributed by atoms with Crippen molar-refractivity contribution in [2.75, 3.05) is 32.9 Å². The molecule has 0 bridgehead atoms. The number of guanidine groups is 1. The van der Waals surface area contributed by atoms with Crippen LogP contribution in [0.25, 0.3) is 0 Å². The molecule has 0 aromatic heterocycles. The topological polar surface area (TPSA) is 73.3 Å². The molecule has 0 amide bonds. The van der Waals surface area contributed by atoms with Crippen molar-refractivity contribution >= 4 is 11.6 Å². The van der Waals surface area contributed by atoms with Gasteiger partial charge in [0.25, 0.3) is 0 Å². The second-order valence-electron chi connectivity index (χ2n) is 5.58. The molecular formula is C19H23N3O4. The zero-order chi connectivity index (χ0) is 18.4. The van der Waals surface area contributed by atoms with Crippen LogP contribution in [0.5, 0.6) is 23.0 Å². The van der Waals surface area contributed by atoms with E-state index < -0.39 is 0 Å². The Labute approximate surface area is 152 Å². The number of benzene rings is 2. The number of nitrogens with zero attached hydrogens (tertiary/aromatic N) is 1. The van der Waals surface area contributed by atoms with Crippen LogP contribution in [-0.2, 0) is 6.54 Å². The van der Waals surface area contributed by atoms with Crippen LogP contribution < -0.4 is 29.6 Å². The minimum Gasteiger partial charge on any atom is -0.493 e. The number of ether oxygens (including phenoxy) is 4. The molecule has 0 saturated carbocycles. The molecule has 7 heteroatoms. The van der Waals surface area contributed by atoms with Crippen molar-refractivity contribution in [2.45, 2.75) is 13.5 Å². The summed E-state index contributed by atoms with van der Waals surface area (Å²) in [5.41, 5.74) is 1.90. The normalized spacial score (nSPS) is 12.7. The Morgan fingerprint density at radius 1 is 1.04 bits per heavy atom. The molecule has 2 aromatic rings. The number of rotatable bonds is 6. The summed E-state index contributed by atoms with van der Waals surface area (Å²) < 4.78 is 21.3. The number of hydrogen-bond donors (Lipinski definition) is 2. The smallest absolute Gasteiger partial charge is 0.231 e. The van der Waals surface area contributed by atoms with Crippen LogP contribution in [-0.4, -0.2) is 33.5 Å². The largest absolute Gasteiger partial charge is 0.493 e. The van der Waals surface area contributed by atoms with Crippen molar-refractivity contribution in [3.63, 3.8) is 0 Å². The summed E-state index contributed by atoms with van der Waals surface area (Å²) in [5, 5.41) is 6.51. The highest BCUT2D eigenvalue weighted by atomic mass is 16.7. The highest BCUT2D eigenvalue weighted by molar-refractivity contribution is 5.93. The lowest BCUT2D eigenvalue weighted by Crippen LogP contribution is -2.30. The molecular weight excluding hydrogens is 334 g/mol.